The SMILES string of the molecule is CC(C)(C)n1nc(Br)c2c(N)ncnc21.CC(C)(C)n1ncc2c(N)ncnc21.[C-]#[N+]c1cnn(C(C)(C)C)c1N. The Morgan fingerprint density at radius 2 is 1.22 bits per heavy atom. The first kappa shape index (κ1) is 31.2. The van der Waals surface area contributed by atoms with Crippen LogP contribution in [0.15, 0.2) is 29.7 Å². The molecule has 0 spiro atoms. The normalized spacial score (nSPS) is 11.9. The van der Waals surface area contributed by atoms with Crippen LogP contribution < -0.4 is 17.2 Å². The summed E-state index contributed by atoms with van der Waals surface area (Å²) >= 11 is 3.37. The average Bonchev–Trinajstić information content (AvgIpc) is 3.55. The van der Waals surface area contributed by atoms with Crippen molar-refractivity contribution in [3.8, 4) is 0 Å². The van der Waals surface area contributed by atoms with Gasteiger partial charge in [0.1, 0.15) is 34.7 Å². The van der Waals surface area contributed by atoms with E-state index in [0.717, 1.165) is 22.1 Å². The lowest BCUT2D eigenvalue weighted by Gasteiger charge is -2.20. The summed E-state index contributed by atoms with van der Waals surface area (Å²) in [6.45, 7) is 25.1. The van der Waals surface area contributed by atoms with Gasteiger partial charge in [-0.15, -0.1) is 0 Å². The van der Waals surface area contributed by atoms with Crippen LogP contribution in [0.1, 0.15) is 62.3 Å². The second-order valence-electron chi connectivity index (χ2n) is 12.2. The van der Waals surface area contributed by atoms with Crippen LogP contribution >= 0.6 is 15.9 Å². The molecule has 0 fully saturated rings. The molecule has 5 heterocycles. The predicted molar refractivity (Wildman–Crippen MR) is 165 cm³/mol. The van der Waals surface area contributed by atoms with Crippen molar-refractivity contribution in [1.29, 1.82) is 0 Å². The fraction of sp³-hybridized carbons (Fsp3) is 0.462. The Balaban J connectivity index is 0.000000170. The van der Waals surface area contributed by atoms with E-state index in [1.54, 1.807) is 10.9 Å². The van der Waals surface area contributed by atoms with Gasteiger partial charge in [-0.1, -0.05) is 0 Å². The van der Waals surface area contributed by atoms with Crippen LogP contribution in [0.2, 0.25) is 0 Å². The summed E-state index contributed by atoms with van der Waals surface area (Å²) in [5.41, 5.74) is 18.7. The first-order valence-electron chi connectivity index (χ1n) is 12.7. The van der Waals surface area contributed by atoms with Crippen molar-refractivity contribution in [3.05, 3.63) is 41.1 Å². The lowest BCUT2D eigenvalue weighted by atomic mass is 10.1. The van der Waals surface area contributed by atoms with Gasteiger partial charge in [0.25, 0.3) is 0 Å². The molecule has 0 aliphatic heterocycles. The minimum Gasteiger partial charge on any atom is -0.393 e. The predicted octanol–water partition coefficient (Wildman–Crippen LogP) is 4.86. The number of rotatable bonds is 0. The molecule has 218 valence electrons. The van der Waals surface area contributed by atoms with E-state index in [9.17, 15) is 0 Å². The Hall–Kier alpha value is -4.32. The van der Waals surface area contributed by atoms with Gasteiger partial charge in [0.2, 0.25) is 5.69 Å². The topological polar surface area (TPSA) is 187 Å². The molecule has 5 rings (SSSR count). The van der Waals surface area contributed by atoms with Crippen molar-refractivity contribution in [2.75, 3.05) is 17.2 Å². The highest BCUT2D eigenvalue weighted by Gasteiger charge is 2.22. The van der Waals surface area contributed by atoms with E-state index in [2.05, 4.69) is 97.5 Å². The maximum Gasteiger partial charge on any atom is 0.247 e. The van der Waals surface area contributed by atoms with Gasteiger partial charge in [-0.25, -0.2) is 34.1 Å². The van der Waals surface area contributed by atoms with Crippen LogP contribution in [0, 0.1) is 6.57 Å². The molecule has 0 unspecified atom stereocenters. The Morgan fingerprint density at radius 3 is 1.71 bits per heavy atom. The van der Waals surface area contributed by atoms with Crippen molar-refractivity contribution in [2.24, 2.45) is 0 Å². The fourth-order valence-corrected chi connectivity index (χ4v) is 4.26. The van der Waals surface area contributed by atoms with Crippen LogP contribution in [0.3, 0.4) is 0 Å². The number of nitrogens with zero attached hydrogens (tertiary/aromatic N) is 11. The largest absolute Gasteiger partial charge is 0.393 e. The van der Waals surface area contributed by atoms with E-state index in [0.29, 0.717) is 27.7 Å². The van der Waals surface area contributed by atoms with Gasteiger partial charge in [-0.3, -0.25) is 4.68 Å². The summed E-state index contributed by atoms with van der Waals surface area (Å²) in [6.07, 6.45) is 6.11. The standard InChI is InChI=1S/C9H12BrN5.C9H13N5.C8H12N4/c1-9(2,3)15-8-5(6(10)14-15)7(11)12-4-13-8;1-9(2,3)14-8-6(4-13-14)7(10)11-5-12-8;1-8(2,3)12-7(9)6(10-4)5-11-12/h4H,1-3H3,(H2,11,12,13);4-5H,1-3H3,(H2,10,11,12);5H,9H2,1-3H3. The highest BCUT2D eigenvalue weighted by atomic mass is 79.9. The number of aromatic nitrogens is 10. The van der Waals surface area contributed by atoms with Gasteiger partial charge in [-0.05, 0) is 78.2 Å². The van der Waals surface area contributed by atoms with Crippen molar-refractivity contribution in [3.63, 3.8) is 0 Å². The summed E-state index contributed by atoms with van der Waals surface area (Å²) in [7, 11) is 0. The Morgan fingerprint density at radius 1 is 0.707 bits per heavy atom. The quantitative estimate of drug-likeness (QED) is 0.201. The second kappa shape index (κ2) is 11.3. The number of hydrogen-bond donors (Lipinski definition) is 3. The Kier molecular flexibility index (Phi) is 8.59. The van der Waals surface area contributed by atoms with Gasteiger partial charge in [-0.2, -0.15) is 15.3 Å². The average molecular weight is 626 g/mol. The number of hydrogen-bond acceptors (Lipinski definition) is 10. The van der Waals surface area contributed by atoms with Gasteiger partial charge < -0.3 is 17.2 Å². The maximum absolute atomic E-state index is 6.79. The number of halogens is 1. The minimum atomic E-state index is -0.160. The third-order valence-electron chi connectivity index (χ3n) is 5.66. The second-order valence-corrected chi connectivity index (χ2v) is 12.9. The Labute approximate surface area is 247 Å². The first-order chi connectivity index (χ1) is 18.9. The third-order valence-corrected chi connectivity index (χ3v) is 6.22. The van der Waals surface area contributed by atoms with Crippen LogP contribution in [-0.4, -0.2) is 49.3 Å². The molecule has 0 saturated carbocycles. The van der Waals surface area contributed by atoms with E-state index in [4.69, 9.17) is 23.8 Å². The number of nitrogens with two attached hydrogens (primary N) is 3. The molecule has 0 aromatic carbocycles. The van der Waals surface area contributed by atoms with Gasteiger partial charge in [0.15, 0.2) is 11.3 Å². The zero-order valence-corrected chi connectivity index (χ0v) is 26.4. The summed E-state index contributed by atoms with van der Waals surface area (Å²) < 4.78 is 6.02. The van der Waals surface area contributed by atoms with E-state index in [1.165, 1.54) is 18.9 Å². The molecule has 0 aliphatic carbocycles. The van der Waals surface area contributed by atoms with Gasteiger partial charge in [0.05, 0.1) is 46.4 Å². The zero-order chi connectivity index (χ0) is 30.9. The van der Waals surface area contributed by atoms with Crippen molar-refractivity contribution in [2.45, 2.75) is 78.9 Å². The fourth-order valence-electron chi connectivity index (χ4n) is 3.72. The minimum absolute atomic E-state index is 0.0947. The van der Waals surface area contributed by atoms with Crippen molar-refractivity contribution >= 4 is 61.1 Å². The van der Waals surface area contributed by atoms with Crippen LogP contribution in [-0.2, 0) is 16.6 Å². The Bertz CT molecular complexity index is 1700. The first-order valence-corrected chi connectivity index (χ1v) is 13.5. The number of nitrogen functional groups attached to an aromatic ring is 3. The maximum atomic E-state index is 6.79. The van der Waals surface area contributed by atoms with Crippen LogP contribution in [0.4, 0.5) is 23.1 Å². The molecule has 0 radical (unpaired) electrons. The van der Waals surface area contributed by atoms with Crippen LogP contribution in [0.25, 0.3) is 26.9 Å². The van der Waals surface area contributed by atoms with E-state index in [1.807, 2.05) is 30.1 Å². The molecule has 0 atom stereocenters. The molecule has 0 amide bonds. The van der Waals surface area contributed by atoms with E-state index >= 15 is 0 Å². The van der Waals surface area contributed by atoms with Crippen molar-refractivity contribution < 1.29 is 0 Å². The van der Waals surface area contributed by atoms with E-state index < -0.39 is 0 Å². The van der Waals surface area contributed by atoms with Crippen LogP contribution in [0.5, 0.6) is 0 Å². The molecule has 0 bridgehead atoms. The molecule has 0 aliphatic rings. The molecule has 14 nitrogen and oxygen atoms in total. The van der Waals surface area contributed by atoms with E-state index in [-0.39, 0.29) is 16.6 Å². The molecule has 15 heteroatoms. The monoisotopic (exact) mass is 624 g/mol. The van der Waals surface area contributed by atoms with Crippen molar-refractivity contribution in [1.82, 2.24) is 49.3 Å². The number of anilines is 3. The summed E-state index contributed by atoms with van der Waals surface area (Å²) in [5, 5.41) is 14.2. The zero-order valence-electron chi connectivity index (χ0n) is 24.8. The summed E-state index contributed by atoms with van der Waals surface area (Å²) in [6, 6.07) is 0. The highest BCUT2D eigenvalue weighted by Crippen LogP contribution is 2.29. The lowest BCUT2D eigenvalue weighted by Crippen LogP contribution is -2.24. The third kappa shape index (κ3) is 6.71. The molecule has 6 N–H and O–H groups in total. The summed E-state index contributed by atoms with van der Waals surface area (Å²) in [4.78, 5) is 19.5. The number of fused-ring (bicyclic) bond motifs is 2. The highest BCUT2D eigenvalue weighted by molar-refractivity contribution is 9.10. The smallest absolute Gasteiger partial charge is 0.247 e. The molecule has 41 heavy (non-hydrogen) atoms. The van der Waals surface area contributed by atoms with Gasteiger partial charge >= 0.3 is 0 Å². The molecule has 5 aromatic rings. The van der Waals surface area contributed by atoms with Gasteiger partial charge in [0, 0.05) is 0 Å². The molecular weight excluding hydrogens is 588 g/mol. The molecule has 0 saturated heterocycles. The molecule has 5 aromatic heterocycles. The lowest BCUT2D eigenvalue weighted by molar-refractivity contribution is 0.361. The molecular formula is C26H37BrN14. The summed E-state index contributed by atoms with van der Waals surface area (Å²) in [5.74, 6) is 1.37.